The first-order valence-electron chi connectivity index (χ1n) is 5.40. The molecule has 0 radical (unpaired) electrons. The van der Waals surface area contributed by atoms with Crippen molar-refractivity contribution in [1.29, 1.82) is 0 Å². The molecule has 1 aliphatic carbocycles. The van der Waals surface area contributed by atoms with Crippen LogP contribution in [-0.2, 0) is 9.53 Å². The fraction of sp³-hybridized carbons (Fsp3) is 0.417. The molecule has 0 aliphatic heterocycles. The summed E-state index contributed by atoms with van der Waals surface area (Å²) in [5, 5.41) is 4.27. The lowest BCUT2D eigenvalue weighted by molar-refractivity contribution is -0.143. The zero-order valence-corrected chi connectivity index (χ0v) is 10.9. The van der Waals surface area contributed by atoms with Crippen molar-refractivity contribution in [3.05, 3.63) is 33.8 Å². The summed E-state index contributed by atoms with van der Waals surface area (Å²) >= 11 is 12.0. The van der Waals surface area contributed by atoms with E-state index in [1.54, 1.807) is 18.2 Å². The third-order valence-corrected chi connectivity index (χ3v) is 3.26. The largest absolute Gasteiger partial charge is 0.468 e. The zero-order chi connectivity index (χ0) is 12.4. The molecule has 92 valence electrons. The van der Waals surface area contributed by atoms with Gasteiger partial charge in [-0.3, -0.25) is 5.32 Å². The van der Waals surface area contributed by atoms with Crippen molar-refractivity contribution in [3.63, 3.8) is 0 Å². The molecular weight excluding hydrogens is 261 g/mol. The first-order valence-corrected chi connectivity index (χ1v) is 6.16. The van der Waals surface area contributed by atoms with E-state index in [9.17, 15) is 4.79 Å². The van der Waals surface area contributed by atoms with Gasteiger partial charge in [0.05, 0.1) is 7.11 Å². The number of methoxy groups -OCH3 is 1. The molecule has 1 aromatic rings. The van der Waals surface area contributed by atoms with E-state index >= 15 is 0 Å². The van der Waals surface area contributed by atoms with E-state index in [0.717, 1.165) is 12.8 Å². The molecule has 0 heterocycles. The molecule has 3 nitrogen and oxygen atoms in total. The molecule has 17 heavy (non-hydrogen) atoms. The SMILES string of the molecule is COC(=O)C(NC1CC1)c1cc(Cl)ccc1Cl. The van der Waals surface area contributed by atoms with Gasteiger partial charge in [0.15, 0.2) is 0 Å². The van der Waals surface area contributed by atoms with Gasteiger partial charge in [0.25, 0.3) is 0 Å². The Hall–Kier alpha value is -0.770. The average Bonchev–Trinajstić information content (AvgIpc) is 3.12. The van der Waals surface area contributed by atoms with Crippen molar-refractivity contribution >= 4 is 29.2 Å². The summed E-state index contributed by atoms with van der Waals surface area (Å²) in [5.41, 5.74) is 0.665. The van der Waals surface area contributed by atoms with Crippen LogP contribution in [0.15, 0.2) is 18.2 Å². The molecule has 0 aromatic heterocycles. The maximum atomic E-state index is 11.8. The molecule has 1 aromatic carbocycles. The summed E-state index contributed by atoms with van der Waals surface area (Å²) < 4.78 is 4.79. The van der Waals surface area contributed by atoms with Gasteiger partial charge in [-0.2, -0.15) is 0 Å². The van der Waals surface area contributed by atoms with Gasteiger partial charge >= 0.3 is 5.97 Å². The molecule has 2 rings (SSSR count). The van der Waals surface area contributed by atoms with Crippen molar-refractivity contribution < 1.29 is 9.53 Å². The highest BCUT2D eigenvalue weighted by molar-refractivity contribution is 6.33. The highest BCUT2D eigenvalue weighted by Gasteiger charge is 2.31. The number of halogens is 2. The summed E-state index contributed by atoms with van der Waals surface area (Å²) in [5.74, 6) is -0.346. The van der Waals surface area contributed by atoms with Crippen molar-refractivity contribution in [2.75, 3.05) is 7.11 Å². The molecule has 1 N–H and O–H groups in total. The Labute approximate surface area is 110 Å². The fourth-order valence-corrected chi connectivity index (χ4v) is 2.03. The second-order valence-electron chi connectivity index (χ2n) is 4.06. The summed E-state index contributed by atoms with van der Waals surface area (Å²) in [6.45, 7) is 0. The van der Waals surface area contributed by atoms with Crippen LogP contribution in [-0.4, -0.2) is 19.1 Å². The van der Waals surface area contributed by atoms with Crippen LogP contribution < -0.4 is 5.32 Å². The molecule has 1 unspecified atom stereocenters. The quantitative estimate of drug-likeness (QED) is 0.858. The lowest BCUT2D eigenvalue weighted by atomic mass is 10.1. The van der Waals surface area contributed by atoms with Crippen LogP contribution in [0.4, 0.5) is 0 Å². The Bertz CT molecular complexity index is 433. The first kappa shape index (κ1) is 12.7. The van der Waals surface area contributed by atoms with E-state index in [1.165, 1.54) is 7.11 Å². The predicted molar refractivity (Wildman–Crippen MR) is 67.4 cm³/mol. The molecule has 1 atom stereocenters. The Morgan fingerprint density at radius 2 is 2.18 bits per heavy atom. The van der Waals surface area contributed by atoms with Gasteiger partial charge in [0.2, 0.25) is 0 Å². The van der Waals surface area contributed by atoms with E-state index in [2.05, 4.69) is 5.32 Å². The molecule has 1 fully saturated rings. The van der Waals surface area contributed by atoms with Crippen LogP contribution in [0.3, 0.4) is 0 Å². The highest BCUT2D eigenvalue weighted by atomic mass is 35.5. The predicted octanol–water partition coefficient (Wildman–Crippen LogP) is 2.96. The summed E-state index contributed by atoms with van der Waals surface area (Å²) in [7, 11) is 1.36. The highest BCUT2D eigenvalue weighted by Crippen LogP contribution is 2.30. The van der Waals surface area contributed by atoms with Crippen molar-refractivity contribution in [3.8, 4) is 0 Å². The van der Waals surface area contributed by atoms with Gasteiger partial charge in [0, 0.05) is 21.7 Å². The van der Waals surface area contributed by atoms with Gasteiger partial charge < -0.3 is 4.74 Å². The lowest BCUT2D eigenvalue weighted by Crippen LogP contribution is -2.31. The zero-order valence-electron chi connectivity index (χ0n) is 9.37. The van der Waals surface area contributed by atoms with Crippen LogP contribution in [0, 0.1) is 0 Å². The Balaban J connectivity index is 2.29. The number of carbonyl (C=O) groups is 1. The maximum Gasteiger partial charge on any atom is 0.327 e. The minimum absolute atomic E-state index is 0.346. The van der Waals surface area contributed by atoms with Gasteiger partial charge in [-0.15, -0.1) is 0 Å². The molecule has 0 spiro atoms. The minimum atomic E-state index is -0.543. The smallest absolute Gasteiger partial charge is 0.327 e. The Morgan fingerprint density at radius 3 is 2.76 bits per heavy atom. The van der Waals surface area contributed by atoms with E-state index in [4.69, 9.17) is 27.9 Å². The van der Waals surface area contributed by atoms with Gasteiger partial charge in [-0.25, -0.2) is 4.79 Å². The normalized spacial score (nSPS) is 16.6. The van der Waals surface area contributed by atoms with Gasteiger partial charge in [-0.05, 0) is 31.0 Å². The lowest BCUT2D eigenvalue weighted by Gasteiger charge is -2.18. The fourth-order valence-electron chi connectivity index (χ4n) is 1.62. The van der Waals surface area contributed by atoms with E-state index in [1.807, 2.05) is 0 Å². The second-order valence-corrected chi connectivity index (χ2v) is 4.91. The van der Waals surface area contributed by atoms with Gasteiger partial charge in [-0.1, -0.05) is 23.2 Å². The molecule has 0 bridgehead atoms. The summed E-state index contributed by atoms with van der Waals surface area (Å²) in [6, 6.07) is 4.90. The number of ether oxygens (including phenoxy) is 1. The number of hydrogen-bond donors (Lipinski definition) is 1. The number of esters is 1. The number of hydrogen-bond acceptors (Lipinski definition) is 3. The van der Waals surface area contributed by atoms with Crippen LogP contribution in [0.5, 0.6) is 0 Å². The van der Waals surface area contributed by atoms with E-state index < -0.39 is 6.04 Å². The second kappa shape index (κ2) is 5.25. The van der Waals surface area contributed by atoms with Crippen molar-refractivity contribution in [2.24, 2.45) is 0 Å². The number of rotatable bonds is 4. The third-order valence-electron chi connectivity index (χ3n) is 2.69. The average molecular weight is 274 g/mol. The van der Waals surface area contributed by atoms with Crippen LogP contribution in [0.1, 0.15) is 24.4 Å². The monoisotopic (exact) mass is 273 g/mol. The molecule has 0 saturated heterocycles. The van der Waals surface area contributed by atoms with Gasteiger partial charge in [0.1, 0.15) is 6.04 Å². The molecule has 5 heteroatoms. The molecule has 1 aliphatic rings. The number of carbonyl (C=O) groups excluding carboxylic acids is 1. The number of nitrogens with one attached hydrogen (secondary N) is 1. The maximum absolute atomic E-state index is 11.8. The van der Waals surface area contributed by atoms with E-state index in [0.29, 0.717) is 21.7 Å². The van der Waals surface area contributed by atoms with Crippen LogP contribution in [0.2, 0.25) is 10.0 Å². The standard InChI is InChI=1S/C12H13Cl2NO2/c1-17-12(16)11(15-8-3-4-8)9-6-7(13)2-5-10(9)14/h2,5-6,8,11,15H,3-4H2,1H3. The minimum Gasteiger partial charge on any atom is -0.468 e. The Kier molecular flexibility index (Phi) is 3.92. The molecule has 0 amide bonds. The molecule has 1 saturated carbocycles. The van der Waals surface area contributed by atoms with Crippen LogP contribution in [0.25, 0.3) is 0 Å². The Morgan fingerprint density at radius 1 is 1.47 bits per heavy atom. The van der Waals surface area contributed by atoms with Crippen molar-refractivity contribution in [2.45, 2.75) is 24.9 Å². The molecular formula is C12H13Cl2NO2. The first-order chi connectivity index (χ1) is 8.11. The van der Waals surface area contributed by atoms with E-state index in [-0.39, 0.29) is 5.97 Å². The van der Waals surface area contributed by atoms with Crippen LogP contribution >= 0.6 is 23.2 Å². The topological polar surface area (TPSA) is 38.3 Å². The summed E-state index contributed by atoms with van der Waals surface area (Å²) in [4.78, 5) is 11.8. The number of benzene rings is 1. The third kappa shape index (κ3) is 3.12. The van der Waals surface area contributed by atoms with Crippen molar-refractivity contribution in [1.82, 2.24) is 5.32 Å². The summed E-state index contributed by atoms with van der Waals surface area (Å²) in [6.07, 6.45) is 2.15.